The van der Waals surface area contributed by atoms with Gasteiger partial charge in [-0.05, 0) is 49.4 Å². The molecule has 166 valence electrons. The second-order valence-corrected chi connectivity index (χ2v) is 9.17. The van der Waals surface area contributed by atoms with Gasteiger partial charge in [0.15, 0.2) is 0 Å². The number of halogens is 1. The lowest BCUT2D eigenvalue weighted by Gasteiger charge is -2.25. The maximum atomic E-state index is 13.4. The van der Waals surface area contributed by atoms with Crippen molar-refractivity contribution >= 4 is 44.9 Å². The Morgan fingerprint density at radius 3 is 2.34 bits per heavy atom. The van der Waals surface area contributed by atoms with Gasteiger partial charge in [0.05, 0.1) is 28.3 Å². The Hall–Kier alpha value is -3.36. The number of amides is 1. The van der Waals surface area contributed by atoms with Crippen molar-refractivity contribution in [3.05, 3.63) is 88.9 Å². The topological polar surface area (TPSA) is 92.8 Å². The number of ether oxygens (including phenoxy) is 1. The molecule has 0 saturated carbocycles. The molecular weight excluding hydrogens is 452 g/mol. The van der Waals surface area contributed by atoms with Crippen LogP contribution in [0.15, 0.2) is 77.7 Å². The predicted molar refractivity (Wildman–Crippen MR) is 124 cm³/mol. The van der Waals surface area contributed by atoms with Crippen LogP contribution in [0.4, 0.5) is 11.4 Å². The highest BCUT2D eigenvalue weighted by molar-refractivity contribution is 7.92. The highest BCUT2D eigenvalue weighted by atomic mass is 35.5. The van der Waals surface area contributed by atoms with Gasteiger partial charge in [-0.2, -0.15) is 0 Å². The first-order valence-electron chi connectivity index (χ1n) is 9.54. The van der Waals surface area contributed by atoms with Crippen LogP contribution in [0.3, 0.4) is 0 Å². The molecule has 3 rings (SSSR count). The number of carbonyl (C=O) groups excluding carboxylic acids is 2. The lowest BCUT2D eigenvalue weighted by molar-refractivity contribution is -0.114. The molecule has 0 aliphatic heterocycles. The smallest absolute Gasteiger partial charge is 0.337 e. The number of esters is 1. The number of nitrogens with one attached hydrogen (secondary N) is 1. The SMILES string of the molecule is COC(=O)c1cccc(NC(=O)CN(c2ccccc2Cl)S(=O)(=O)c2ccc(C)cc2)c1. The number of benzene rings is 3. The van der Waals surface area contributed by atoms with E-state index in [1.165, 1.54) is 31.4 Å². The van der Waals surface area contributed by atoms with Crippen LogP contribution < -0.4 is 9.62 Å². The van der Waals surface area contributed by atoms with E-state index in [0.717, 1.165) is 9.87 Å². The lowest BCUT2D eigenvalue weighted by atomic mass is 10.2. The Labute approximate surface area is 191 Å². The van der Waals surface area contributed by atoms with E-state index in [1.54, 1.807) is 48.5 Å². The highest BCUT2D eigenvalue weighted by Gasteiger charge is 2.28. The van der Waals surface area contributed by atoms with Crippen molar-refractivity contribution in [2.45, 2.75) is 11.8 Å². The quantitative estimate of drug-likeness (QED) is 0.518. The molecule has 9 heteroatoms. The number of nitrogens with zero attached hydrogens (tertiary/aromatic N) is 1. The third-order valence-electron chi connectivity index (χ3n) is 4.58. The summed E-state index contributed by atoms with van der Waals surface area (Å²) in [7, 11) is -2.84. The van der Waals surface area contributed by atoms with Gasteiger partial charge in [0.2, 0.25) is 5.91 Å². The number of aryl methyl sites for hydroxylation is 1. The average molecular weight is 473 g/mol. The van der Waals surface area contributed by atoms with Gasteiger partial charge in [-0.25, -0.2) is 13.2 Å². The largest absolute Gasteiger partial charge is 0.465 e. The normalized spacial score (nSPS) is 11.0. The number of para-hydroxylation sites is 1. The standard InChI is InChI=1S/C23H21ClN2O5S/c1-16-10-12-19(13-11-16)32(29,30)26(21-9-4-3-8-20(21)24)15-22(27)25-18-7-5-6-17(14-18)23(28)31-2/h3-14H,15H2,1-2H3,(H,25,27). The van der Waals surface area contributed by atoms with Crippen LogP contribution in [0.5, 0.6) is 0 Å². The van der Waals surface area contributed by atoms with Gasteiger partial charge in [0.1, 0.15) is 6.54 Å². The van der Waals surface area contributed by atoms with E-state index in [9.17, 15) is 18.0 Å². The predicted octanol–water partition coefficient (Wildman–Crippen LogP) is 4.27. The lowest BCUT2D eigenvalue weighted by Crippen LogP contribution is -2.38. The highest BCUT2D eigenvalue weighted by Crippen LogP contribution is 2.30. The molecule has 0 fully saturated rings. The number of sulfonamides is 1. The van der Waals surface area contributed by atoms with Crippen LogP contribution in [0.2, 0.25) is 5.02 Å². The average Bonchev–Trinajstić information content (AvgIpc) is 2.78. The number of hydrogen-bond donors (Lipinski definition) is 1. The fourth-order valence-corrected chi connectivity index (χ4v) is 4.69. The Balaban J connectivity index is 1.93. The molecule has 3 aromatic rings. The summed E-state index contributed by atoms with van der Waals surface area (Å²) in [4.78, 5) is 24.6. The molecule has 3 aromatic carbocycles. The van der Waals surface area contributed by atoms with Gasteiger partial charge in [0.25, 0.3) is 10.0 Å². The molecule has 0 heterocycles. The van der Waals surface area contributed by atoms with E-state index in [2.05, 4.69) is 10.1 Å². The maximum Gasteiger partial charge on any atom is 0.337 e. The van der Waals surface area contributed by atoms with Crippen molar-refractivity contribution in [1.82, 2.24) is 0 Å². The summed E-state index contributed by atoms with van der Waals surface area (Å²) in [6.45, 7) is 1.32. The van der Waals surface area contributed by atoms with E-state index in [-0.39, 0.29) is 21.2 Å². The Morgan fingerprint density at radius 1 is 1.00 bits per heavy atom. The molecule has 1 N–H and O–H groups in total. The minimum atomic E-state index is -4.09. The Bertz CT molecular complexity index is 1240. The van der Waals surface area contributed by atoms with Crippen LogP contribution >= 0.6 is 11.6 Å². The molecule has 0 spiro atoms. The van der Waals surface area contributed by atoms with Crippen molar-refractivity contribution in [3.63, 3.8) is 0 Å². The van der Waals surface area contributed by atoms with E-state index < -0.39 is 28.4 Å². The third kappa shape index (κ3) is 5.27. The molecule has 32 heavy (non-hydrogen) atoms. The second-order valence-electron chi connectivity index (χ2n) is 6.90. The molecule has 0 aromatic heterocycles. The van der Waals surface area contributed by atoms with Gasteiger partial charge in [-0.3, -0.25) is 9.10 Å². The molecule has 0 radical (unpaired) electrons. The summed E-state index contributed by atoms with van der Waals surface area (Å²) in [5.41, 5.74) is 1.65. The summed E-state index contributed by atoms with van der Waals surface area (Å²) in [5.74, 6) is -1.16. The third-order valence-corrected chi connectivity index (χ3v) is 6.68. The first kappa shape index (κ1) is 23.3. The number of anilines is 2. The van der Waals surface area contributed by atoms with Crippen LogP contribution in [-0.4, -0.2) is 33.9 Å². The summed E-state index contributed by atoms with van der Waals surface area (Å²) >= 11 is 6.26. The van der Waals surface area contributed by atoms with Gasteiger partial charge in [-0.1, -0.05) is 47.5 Å². The van der Waals surface area contributed by atoms with E-state index in [4.69, 9.17) is 11.6 Å². The van der Waals surface area contributed by atoms with Gasteiger partial charge >= 0.3 is 5.97 Å². The van der Waals surface area contributed by atoms with Crippen molar-refractivity contribution < 1.29 is 22.7 Å². The number of carbonyl (C=O) groups is 2. The zero-order valence-electron chi connectivity index (χ0n) is 17.4. The number of hydrogen-bond acceptors (Lipinski definition) is 5. The second kappa shape index (κ2) is 9.84. The minimum Gasteiger partial charge on any atom is -0.465 e. The van der Waals surface area contributed by atoms with Gasteiger partial charge in [0, 0.05) is 5.69 Å². The Morgan fingerprint density at radius 2 is 1.69 bits per heavy atom. The van der Waals surface area contributed by atoms with Crippen molar-refractivity contribution in [2.24, 2.45) is 0 Å². The molecule has 0 bridgehead atoms. The van der Waals surface area contributed by atoms with Crippen LogP contribution in [0, 0.1) is 6.92 Å². The molecule has 0 aliphatic carbocycles. The van der Waals surface area contributed by atoms with Crippen molar-refractivity contribution in [2.75, 3.05) is 23.3 Å². The number of methoxy groups -OCH3 is 1. The van der Waals surface area contributed by atoms with E-state index in [0.29, 0.717) is 5.69 Å². The van der Waals surface area contributed by atoms with Crippen molar-refractivity contribution in [1.29, 1.82) is 0 Å². The molecule has 0 aliphatic rings. The first-order chi connectivity index (χ1) is 15.2. The summed E-state index contributed by atoms with van der Waals surface area (Å²) < 4.78 is 32.4. The van der Waals surface area contributed by atoms with E-state index in [1.807, 2.05) is 6.92 Å². The molecule has 1 amide bonds. The first-order valence-corrected chi connectivity index (χ1v) is 11.4. The Kier molecular flexibility index (Phi) is 7.17. The van der Waals surface area contributed by atoms with Crippen LogP contribution in [-0.2, 0) is 19.6 Å². The molecular formula is C23H21ClN2O5S. The minimum absolute atomic E-state index is 0.0310. The molecule has 0 atom stereocenters. The van der Waals surface area contributed by atoms with Gasteiger partial charge < -0.3 is 10.1 Å². The zero-order chi connectivity index (χ0) is 23.3. The monoisotopic (exact) mass is 472 g/mol. The summed E-state index contributed by atoms with van der Waals surface area (Å²) in [5, 5.41) is 2.80. The van der Waals surface area contributed by atoms with Crippen molar-refractivity contribution in [3.8, 4) is 0 Å². The number of rotatable bonds is 7. The fraction of sp³-hybridized carbons (Fsp3) is 0.130. The van der Waals surface area contributed by atoms with E-state index >= 15 is 0 Å². The van der Waals surface area contributed by atoms with Gasteiger partial charge in [-0.15, -0.1) is 0 Å². The summed E-state index contributed by atoms with van der Waals surface area (Å²) in [6, 6.07) is 18.8. The molecule has 0 saturated heterocycles. The molecule has 0 unspecified atom stereocenters. The van der Waals surface area contributed by atoms with Crippen LogP contribution in [0.1, 0.15) is 15.9 Å². The fourth-order valence-electron chi connectivity index (χ4n) is 2.96. The van der Waals surface area contributed by atoms with Crippen LogP contribution in [0.25, 0.3) is 0 Å². The molecule has 7 nitrogen and oxygen atoms in total. The maximum absolute atomic E-state index is 13.4. The zero-order valence-corrected chi connectivity index (χ0v) is 19.0. The summed E-state index contributed by atoms with van der Waals surface area (Å²) in [6.07, 6.45) is 0.